The molecule has 2 N–H and O–H groups in total. The summed E-state index contributed by atoms with van der Waals surface area (Å²) in [6.45, 7) is 3.39. The average Bonchev–Trinajstić information content (AvgIpc) is 2.81. The van der Waals surface area contributed by atoms with Gasteiger partial charge in [-0.1, -0.05) is 0 Å². The van der Waals surface area contributed by atoms with E-state index in [2.05, 4.69) is 15.3 Å². The summed E-state index contributed by atoms with van der Waals surface area (Å²) in [6.07, 6.45) is 3.83. The van der Waals surface area contributed by atoms with Crippen LogP contribution in [0.2, 0.25) is 0 Å². The molecule has 0 aliphatic carbocycles. The van der Waals surface area contributed by atoms with Crippen molar-refractivity contribution in [2.45, 2.75) is 26.3 Å². The Bertz CT molecular complexity index is 621. The van der Waals surface area contributed by atoms with Crippen LogP contribution in [0.15, 0.2) is 24.5 Å². The molecular formula is C14H17N3O3. The van der Waals surface area contributed by atoms with Gasteiger partial charge in [0.1, 0.15) is 6.04 Å². The number of esters is 1. The van der Waals surface area contributed by atoms with Crippen molar-refractivity contribution in [2.75, 3.05) is 6.61 Å². The maximum Gasteiger partial charge on any atom is 0.328 e. The smallest absolute Gasteiger partial charge is 0.328 e. The summed E-state index contributed by atoms with van der Waals surface area (Å²) in [5.74, 6) is -0.705. The van der Waals surface area contributed by atoms with E-state index in [9.17, 15) is 9.59 Å². The number of aromatic nitrogens is 2. The van der Waals surface area contributed by atoms with Crippen molar-refractivity contribution < 1.29 is 14.3 Å². The second-order valence-electron chi connectivity index (χ2n) is 4.42. The fourth-order valence-corrected chi connectivity index (χ4v) is 2.07. The second kappa shape index (κ2) is 6.18. The molecule has 106 valence electrons. The Morgan fingerprint density at radius 3 is 3.00 bits per heavy atom. The van der Waals surface area contributed by atoms with Gasteiger partial charge in [-0.3, -0.25) is 9.78 Å². The molecule has 1 amide bonds. The summed E-state index contributed by atoms with van der Waals surface area (Å²) in [7, 11) is 0. The lowest BCUT2D eigenvalue weighted by atomic mass is 10.1. The first-order chi connectivity index (χ1) is 9.61. The van der Waals surface area contributed by atoms with Gasteiger partial charge in [-0.2, -0.15) is 0 Å². The van der Waals surface area contributed by atoms with E-state index in [1.807, 2.05) is 12.1 Å². The van der Waals surface area contributed by atoms with Gasteiger partial charge < -0.3 is 15.0 Å². The SMILES string of the molecule is CCOC(=O)C(Cc1c[nH]c2cccnc12)NC(C)=O. The molecule has 1 unspecified atom stereocenters. The molecule has 2 heterocycles. The summed E-state index contributed by atoms with van der Waals surface area (Å²) in [5, 5.41) is 2.61. The van der Waals surface area contributed by atoms with E-state index in [1.165, 1.54) is 6.92 Å². The zero-order valence-electron chi connectivity index (χ0n) is 11.5. The first-order valence-electron chi connectivity index (χ1n) is 6.46. The van der Waals surface area contributed by atoms with Crippen LogP contribution in [0.25, 0.3) is 11.0 Å². The number of H-pyrrole nitrogens is 1. The largest absolute Gasteiger partial charge is 0.464 e. The number of fused-ring (bicyclic) bond motifs is 1. The van der Waals surface area contributed by atoms with Gasteiger partial charge in [0.25, 0.3) is 0 Å². The molecule has 0 bridgehead atoms. The number of carbonyl (C=O) groups excluding carboxylic acids is 2. The lowest BCUT2D eigenvalue weighted by molar-refractivity contribution is -0.147. The first-order valence-corrected chi connectivity index (χ1v) is 6.46. The third-order valence-electron chi connectivity index (χ3n) is 2.89. The first kappa shape index (κ1) is 14.0. The Labute approximate surface area is 116 Å². The fraction of sp³-hybridized carbons (Fsp3) is 0.357. The van der Waals surface area contributed by atoms with Crippen LogP contribution >= 0.6 is 0 Å². The van der Waals surface area contributed by atoms with E-state index >= 15 is 0 Å². The van der Waals surface area contributed by atoms with Crippen LogP contribution in [-0.4, -0.2) is 34.5 Å². The second-order valence-corrected chi connectivity index (χ2v) is 4.42. The summed E-state index contributed by atoms with van der Waals surface area (Å²) >= 11 is 0. The van der Waals surface area contributed by atoms with Gasteiger partial charge in [-0.05, 0) is 24.6 Å². The molecule has 0 saturated carbocycles. The van der Waals surface area contributed by atoms with E-state index in [-0.39, 0.29) is 12.5 Å². The molecule has 6 nitrogen and oxygen atoms in total. The number of aromatic amines is 1. The van der Waals surface area contributed by atoms with E-state index in [4.69, 9.17) is 4.74 Å². The van der Waals surface area contributed by atoms with Crippen LogP contribution in [0.5, 0.6) is 0 Å². The van der Waals surface area contributed by atoms with Crippen molar-refractivity contribution in [2.24, 2.45) is 0 Å². The van der Waals surface area contributed by atoms with E-state index < -0.39 is 12.0 Å². The molecule has 0 aliphatic rings. The maximum atomic E-state index is 11.9. The lowest BCUT2D eigenvalue weighted by Gasteiger charge is -2.15. The number of amides is 1. The molecule has 6 heteroatoms. The summed E-state index contributed by atoms with van der Waals surface area (Å²) in [4.78, 5) is 30.5. The highest BCUT2D eigenvalue weighted by molar-refractivity contribution is 5.85. The van der Waals surface area contributed by atoms with Crippen molar-refractivity contribution >= 4 is 22.9 Å². The average molecular weight is 275 g/mol. The summed E-state index contributed by atoms with van der Waals surface area (Å²) < 4.78 is 4.98. The normalized spacial score (nSPS) is 12.1. The predicted molar refractivity (Wildman–Crippen MR) is 74.0 cm³/mol. The quantitative estimate of drug-likeness (QED) is 0.802. The highest BCUT2D eigenvalue weighted by atomic mass is 16.5. The van der Waals surface area contributed by atoms with Crippen molar-refractivity contribution in [1.82, 2.24) is 15.3 Å². The van der Waals surface area contributed by atoms with Gasteiger partial charge in [-0.25, -0.2) is 4.79 Å². The van der Waals surface area contributed by atoms with Crippen LogP contribution < -0.4 is 5.32 Å². The number of nitrogens with one attached hydrogen (secondary N) is 2. The number of carbonyl (C=O) groups is 2. The lowest BCUT2D eigenvalue weighted by Crippen LogP contribution is -2.42. The Morgan fingerprint density at radius 1 is 1.50 bits per heavy atom. The molecule has 20 heavy (non-hydrogen) atoms. The van der Waals surface area contributed by atoms with Crippen molar-refractivity contribution in [3.8, 4) is 0 Å². The molecule has 2 rings (SSSR count). The van der Waals surface area contributed by atoms with Crippen molar-refractivity contribution in [3.05, 3.63) is 30.1 Å². The molecule has 0 aliphatic heterocycles. The monoisotopic (exact) mass is 275 g/mol. The number of ether oxygens (including phenoxy) is 1. The van der Waals surface area contributed by atoms with Gasteiger partial charge in [0.05, 0.1) is 17.6 Å². The summed E-state index contributed by atoms with van der Waals surface area (Å²) in [5.41, 5.74) is 2.56. The molecular weight excluding hydrogens is 258 g/mol. The number of pyridine rings is 1. The van der Waals surface area contributed by atoms with Crippen molar-refractivity contribution in [3.63, 3.8) is 0 Å². The standard InChI is InChI=1S/C14H17N3O3/c1-3-20-14(19)12(17-9(2)18)7-10-8-16-11-5-4-6-15-13(10)11/h4-6,8,12,16H,3,7H2,1-2H3,(H,17,18). The zero-order valence-corrected chi connectivity index (χ0v) is 11.5. The van der Waals surface area contributed by atoms with Gasteiger partial charge in [0, 0.05) is 25.7 Å². The van der Waals surface area contributed by atoms with Gasteiger partial charge in [-0.15, -0.1) is 0 Å². The van der Waals surface area contributed by atoms with E-state index in [0.717, 1.165) is 16.6 Å². The third kappa shape index (κ3) is 3.14. The van der Waals surface area contributed by atoms with Gasteiger partial charge in [0.15, 0.2) is 0 Å². The molecule has 0 spiro atoms. The highest BCUT2D eigenvalue weighted by Crippen LogP contribution is 2.17. The van der Waals surface area contributed by atoms with E-state index in [1.54, 1.807) is 19.3 Å². The molecule has 0 fully saturated rings. The maximum absolute atomic E-state index is 11.9. The van der Waals surface area contributed by atoms with Crippen LogP contribution in [-0.2, 0) is 20.7 Å². The van der Waals surface area contributed by atoms with Crippen LogP contribution in [0.1, 0.15) is 19.4 Å². The predicted octanol–water partition coefficient (Wildman–Crippen LogP) is 1.17. The highest BCUT2D eigenvalue weighted by Gasteiger charge is 2.22. The number of nitrogens with zero attached hydrogens (tertiary/aromatic N) is 1. The molecule has 2 aromatic rings. The van der Waals surface area contributed by atoms with Crippen molar-refractivity contribution in [1.29, 1.82) is 0 Å². The number of hydrogen-bond donors (Lipinski definition) is 2. The zero-order chi connectivity index (χ0) is 14.5. The number of rotatable bonds is 5. The molecule has 1 atom stereocenters. The minimum Gasteiger partial charge on any atom is -0.464 e. The molecule has 0 radical (unpaired) electrons. The molecule has 2 aromatic heterocycles. The summed E-state index contributed by atoms with van der Waals surface area (Å²) in [6, 6.07) is 3.04. The van der Waals surface area contributed by atoms with Gasteiger partial charge >= 0.3 is 5.97 Å². The van der Waals surface area contributed by atoms with Crippen LogP contribution in [0, 0.1) is 0 Å². The Kier molecular flexibility index (Phi) is 4.34. The molecule has 0 saturated heterocycles. The minimum absolute atomic E-state index is 0.268. The number of hydrogen-bond acceptors (Lipinski definition) is 4. The Hall–Kier alpha value is -2.37. The third-order valence-corrected chi connectivity index (χ3v) is 2.89. The topological polar surface area (TPSA) is 84.1 Å². The Balaban J connectivity index is 2.22. The Morgan fingerprint density at radius 2 is 2.30 bits per heavy atom. The fourth-order valence-electron chi connectivity index (χ4n) is 2.07. The minimum atomic E-state index is -0.701. The van der Waals surface area contributed by atoms with E-state index in [0.29, 0.717) is 6.42 Å². The van der Waals surface area contributed by atoms with Crippen LogP contribution in [0.3, 0.4) is 0 Å². The molecule has 0 aromatic carbocycles. The van der Waals surface area contributed by atoms with Crippen LogP contribution in [0.4, 0.5) is 0 Å². The van der Waals surface area contributed by atoms with Gasteiger partial charge in [0.2, 0.25) is 5.91 Å².